The average molecular weight is 425 g/mol. The van der Waals surface area contributed by atoms with Crippen molar-refractivity contribution >= 4 is 5.97 Å². The number of nitrogens with zero attached hydrogens (tertiary/aromatic N) is 1. The van der Waals surface area contributed by atoms with Crippen molar-refractivity contribution in [3.8, 4) is 0 Å². The summed E-state index contributed by atoms with van der Waals surface area (Å²) in [4.78, 5) is 11.7. The number of esters is 1. The van der Waals surface area contributed by atoms with Gasteiger partial charge in [-0.25, -0.2) is 4.79 Å². The molecule has 0 heterocycles. The van der Waals surface area contributed by atoms with Gasteiger partial charge in [-0.3, -0.25) is 0 Å². The molecule has 0 radical (unpaired) electrons. The minimum Gasteiger partial charge on any atom is -0.456 e. The van der Waals surface area contributed by atoms with Crippen molar-refractivity contribution in [2.24, 2.45) is 0 Å². The minimum atomic E-state index is -0.250. The molecule has 0 aromatic rings. The van der Waals surface area contributed by atoms with Crippen molar-refractivity contribution < 1.29 is 14.0 Å². The second-order valence-corrected chi connectivity index (χ2v) is 9.66. The molecule has 0 aromatic heterocycles. The van der Waals surface area contributed by atoms with Crippen molar-refractivity contribution in [3.05, 3.63) is 12.2 Å². The zero-order valence-electron chi connectivity index (χ0n) is 21.1. The Morgan fingerprint density at radius 3 is 1.40 bits per heavy atom. The maximum atomic E-state index is 11.7. The number of carbonyl (C=O) groups is 1. The Bertz CT molecular complexity index is 421. The van der Waals surface area contributed by atoms with Crippen LogP contribution in [0.3, 0.4) is 0 Å². The molecule has 0 amide bonds. The molecule has 0 N–H and O–H groups in total. The molecule has 0 spiro atoms. The lowest BCUT2D eigenvalue weighted by molar-refractivity contribution is -0.910. The second-order valence-electron chi connectivity index (χ2n) is 9.66. The SMILES string of the molecule is C=C(C)C(=O)OCC[N+](C)(CCCCCCCC)CCCCCCCCCCCC. The Labute approximate surface area is 189 Å². The average Bonchev–Trinajstić information content (AvgIpc) is 2.72. The van der Waals surface area contributed by atoms with Gasteiger partial charge in [0.05, 0.1) is 20.1 Å². The summed E-state index contributed by atoms with van der Waals surface area (Å²) >= 11 is 0. The first kappa shape index (κ1) is 29.2. The number of carbonyl (C=O) groups excluding carboxylic acids is 1. The van der Waals surface area contributed by atoms with Gasteiger partial charge in [-0.05, 0) is 32.6 Å². The van der Waals surface area contributed by atoms with E-state index in [4.69, 9.17) is 4.74 Å². The summed E-state index contributed by atoms with van der Waals surface area (Å²) in [6.07, 6.45) is 21.8. The topological polar surface area (TPSA) is 26.3 Å². The fourth-order valence-electron chi connectivity index (χ4n) is 4.07. The highest BCUT2D eigenvalue weighted by molar-refractivity contribution is 5.86. The third-order valence-electron chi connectivity index (χ3n) is 6.32. The van der Waals surface area contributed by atoms with E-state index < -0.39 is 0 Å². The van der Waals surface area contributed by atoms with Crippen LogP contribution in [-0.2, 0) is 9.53 Å². The summed E-state index contributed by atoms with van der Waals surface area (Å²) < 4.78 is 6.44. The van der Waals surface area contributed by atoms with Crippen LogP contribution < -0.4 is 0 Å². The molecule has 0 saturated carbocycles. The van der Waals surface area contributed by atoms with E-state index in [1.807, 2.05) is 0 Å². The number of hydrogen-bond donors (Lipinski definition) is 0. The molecule has 0 bridgehead atoms. The normalized spacial score (nSPS) is 13.2. The van der Waals surface area contributed by atoms with E-state index in [1.54, 1.807) is 6.92 Å². The van der Waals surface area contributed by atoms with Gasteiger partial charge in [-0.2, -0.15) is 0 Å². The maximum Gasteiger partial charge on any atom is 0.333 e. The minimum absolute atomic E-state index is 0.250. The summed E-state index contributed by atoms with van der Waals surface area (Å²) in [7, 11) is 2.36. The lowest BCUT2D eigenvalue weighted by Gasteiger charge is -2.34. The predicted octanol–water partition coefficient (Wildman–Crippen LogP) is 7.83. The zero-order chi connectivity index (χ0) is 22.5. The van der Waals surface area contributed by atoms with Crippen LogP contribution in [0.4, 0.5) is 0 Å². The van der Waals surface area contributed by atoms with Crippen LogP contribution in [0.15, 0.2) is 12.2 Å². The Morgan fingerprint density at radius 2 is 1.03 bits per heavy atom. The lowest BCUT2D eigenvalue weighted by atomic mass is 10.1. The van der Waals surface area contributed by atoms with Gasteiger partial charge in [0.2, 0.25) is 0 Å². The molecule has 0 aliphatic heterocycles. The molecule has 30 heavy (non-hydrogen) atoms. The first-order valence-corrected chi connectivity index (χ1v) is 13.1. The van der Waals surface area contributed by atoms with Crippen LogP contribution in [0, 0.1) is 0 Å². The molecule has 0 aliphatic rings. The van der Waals surface area contributed by atoms with Crippen molar-refractivity contribution in [2.75, 3.05) is 33.3 Å². The van der Waals surface area contributed by atoms with Gasteiger partial charge in [0, 0.05) is 5.57 Å². The molecule has 0 saturated heterocycles. The molecule has 0 fully saturated rings. The Balaban J connectivity index is 4.11. The van der Waals surface area contributed by atoms with Crippen molar-refractivity contribution in [1.29, 1.82) is 0 Å². The number of quaternary nitrogens is 1. The van der Waals surface area contributed by atoms with E-state index >= 15 is 0 Å². The van der Waals surface area contributed by atoms with Crippen molar-refractivity contribution in [1.82, 2.24) is 0 Å². The fourth-order valence-corrected chi connectivity index (χ4v) is 4.07. The third kappa shape index (κ3) is 18.0. The van der Waals surface area contributed by atoms with Crippen LogP contribution in [0.2, 0.25) is 0 Å². The third-order valence-corrected chi connectivity index (χ3v) is 6.32. The predicted molar refractivity (Wildman–Crippen MR) is 132 cm³/mol. The van der Waals surface area contributed by atoms with Crippen LogP contribution in [-0.4, -0.2) is 43.7 Å². The van der Waals surface area contributed by atoms with Crippen LogP contribution in [0.1, 0.15) is 124 Å². The summed E-state index contributed by atoms with van der Waals surface area (Å²) in [5.74, 6) is -0.250. The number of ether oxygens (including phenoxy) is 1. The molecule has 0 aromatic carbocycles. The summed E-state index contributed by atoms with van der Waals surface area (Å²) in [6.45, 7) is 13.8. The zero-order valence-corrected chi connectivity index (χ0v) is 21.1. The number of hydrogen-bond acceptors (Lipinski definition) is 2. The standard InChI is InChI=1S/C27H54NO2/c1-6-8-10-12-14-15-16-17-19-21-23-28(5,22-20-18-13-11-9-7-2)24-25-30-27(29)26(3)4/h3,6-25H2,1-2,4-5H3/q+1. The molecule has 178 valence electrons. The largest absolute Gasteiger partial charge is 0.456 e. The number of unbranched alkanes of at least 4 members (excludes halogenated alkanes) is 14. The van der Waals surface area contributed by atoms with E-state index in [0.717, 1.165) is 11.0 Å². The first-order chi connectivity index (χ1) is 14.4. The van der Waals surface area contributed by atoms with Gasteiger partial charge in [0.25, 0.3) is 0 Å². The molecular weight excluding hydrogens is 370 g/mol. The molecule has 1 atom stereocenters. The summed E-state index contributed by atoms with van der Waals surface area (Å²) in [6, 6.07) is 0. The monoisotopic (exact) mass is 424 g/mol. The molecule has 3 heteroatoms. The smallest absolute Gasteiger partial charge is 0.333 e. The first-order valence-electron chi connectivity index (χ1n) is 13.1. The lowest BCUT2D eigenvalue weighted by Crippen LogP contribution is -2.48. The van der Waals surface area contributed by atoms with Gasteiger partial charge in [-0.1, -0.05) is 97.5 Å². The highest BCUT2D eigenvalue weighted by Gasteiger charge is 2.21. The molecular formula is C27H54NO2+. The van der Waals surface area contributed by atoms with E-state index in [2.05, 4.69) is 27.5 Å². The van der Waals surface area contributed by atoms with Gasteiger partial charge >= 0.3 is 5.97 Å². The molecule has 0 rings (SSSR count). The van der Waals surface area contributed by atoms with E-state index in [1.165, 1.54) is 116 Å². The van der Waals surface area contributed by atoms with Crippen molar-refractivity contribution in [2.45, 2.75) is 124 Å². The molecule has 3 nitrogen and oxygen atoms in total. The van der Waals surface area contributed by atoms with E-state index in [9.17, 15) is 4.79 Å². The number of likely N-dealkylation sites (N-methyl/N-ethyl adjacent to an activating group) is 1. The second kappa shape index (κ2) is 20.1. The Kier molecular flexibility index (Phi) is 19.5. The fraction of sp³-hybridized carbons (Fsp3) is 0.889. The highest BCUT2D eigenvalue weighted by atomic mass is 16.5. The van der Waals surface area contributed by atoms with Gasteiger partial charge < -0.3 is 9.22 Å². The van der Waals surface area contributed by atoms with E-state index in [0.29, 0.717) is 12.2 Å². The Morgan fingerprint density at radius 1 is 0.667 bits per heavy atom. The van der Waals surface area contributed by atoms with E-state index in [-0.39, 0.29) is 5.97 Å². The van der Waals surface area contributed by atoms with Crippen LogP contribution >= 0.6 is 0 Å². The summed E-state index contributed by atoms with van der Waals surface area (Å²) in [5, 5.41) is 0. The number of rotatable bonds is 22. The maximum absolute atomic E-state index is 11.7. The summed E-state index contributed by atoms with van der Waals surface area (Å²) in [5.41, 5.74) is 0.495. The Hall–Kier alpha value is -0.830. The quantitative estimate of drug-likeness (QED) is 0.0765. The highest BCUT2D eigenvalue weighted by Crippen LogP contribution is 2.15. The molecule has 0 aliphatic carbocycles. The van der Waals surface area contributed by atoms with Gasteiger partial charge in [-0.15, -0.1) is 0 Å². The van der Waals surface area contributed by atoms with Crippen molar-refractivity contribution in [3.63, 3.8) is 0 Å². The van der Waals surface area contributed by atoms with Crippen LogP contribution in [0.5, 0.6) is 0 Å². The molecule has 1 unspecified atom stereocenters. The van der Waals surface area contributed by atoms with Gasteiger partial charge in [0.1, 0.15) is 13.2 Å². The van der Waals surface area contributed by atoms with Crippen LogP contribution in [0.25, 0.3) is 0 Å². The van der Waals surface area contributed by atoms with Gasteiger partial charge in [0.15, 0.2) is 0 Å².